The zero-order valence-electron chi connectivity index (χ0n) is 13.3. The van der Waals surface area contributed by atoms with Crippen molar-refractivity contribution in [1.82, 2.24) is 14.8 Å². The first-order valence-corrected chi connectivity index (χ1v) is 7.52. The molecule has 6 nitrogen and oxygen atoms in total. The second-order valence-electron chi connectivity index (χ2n) is 5.90. The molecule has 1 N–H and O–H groups in total. The van der Waals surface area contributed by atoms with Crippen LogP contribution in [0.1, 0.15) is 31.2 Å². The molecule has 23 heavy (non-hydrogen) atoms. The number of aromatic nitrogens is 3. The number of nitrogens with zero attached hydrogens (tertiary/aromatic N) is 3. The van der Waals surface area contributed by atoms with Crippen LogP contribution < -0.4 is 10.1 Å². The van der Waals surface area contributed by atoms with Crippen molar-refractivity contribution in [3.63, 3.8) is 0 Å². The number of carbonyl (C=O) groups is 1. The van der Waals surface area contributed by atoms with E-state index in [2.05, 4.69) is 22.3 Å². The molecule has 0 radical (unpaired) electrons. The lowest BCUT2D eigenvalue weighted by atomic mass is 9.83. The van der Waals surface area contributed by atoms with Gasteiger partial charge in [-0.3, -0.25) is 10.1 Å². The van der Waals surface area contributed by atoms with Crippen molar-refractivity contribution < 1.29 is 13.9 Å². The maximum atomic E-state index is 14.0. The van der Waals surface area contributed by atoms with E-state index >= 15 is 0 Å². The molecule has 7 heteroatoms. The van der Waals surface area contributed by atoms with E-state index in [0.29, 0.717) is 18.4 Å². The van der Waals surface area contributed by atoms with Crippen LogP contribution in [0, 0.1) is 11.7 Å². The van der Waals surface area contributed by atoms with Gasteiger partial charge in [-0.25, -0.2) is 9.07 Å². The Hall–Kier alpha value is -2.44. The Kier molecular flexibility index (Phi) is 4.02. The van der Waals surface area contributed by atoms with Gasteiger partial charge in [-0.2, -0.15) is 4.98 Å². The number of hydrogen-bond acceptors (Lipinski definition) is 4. The highest BCUT2D eigenvalue weighted by atomic mass is 19.1. The molecule has 0 spiro atoms. The Morgan fingerprint density at radius 3 is 2.91 bits per heavy atom. The van der Waals surface area contributed by atoms with Crippen LogP contribution in [-0.2, 0) is 17.8 Å². The van der Waals surface area contributed by atoms with Crippen molar-refractivity contribution in [2.45, 2.75) is 32.7 Å². The van der Waals surface area contributed by atoms with Crippen molar-refractivity contribution >= 4 is 11.9 Å². The van der Waals surface area contributed by atoms with Gasteiger partial charge in [0.15, 0.2) is 11.6 Å². The van der Waals surface area contributed by atoms with Gasteiger partial charge in [-0.1, -0.05) is 13.0 Å². The molecule has 2 aromatic rings. The number of halogens is 1. The van der Waals surface area contributed by atoms with Crippen molar-refractivity contribution in [1.29, 1.82) is 0 Å². The molecule has 1 aromatic carbocycles. The Morgan fingerprint density at radius 2 is 2.26 bits per heavy atom. The molecular formula is C16H19FN4O2. The zero-order valence-corrected chi connectivity index (χ0v) is 13.3. The standard InChI is InChI=1S/C16H19FN4O2/c1-9-6-15-19-16(18-10(2)22)20-21(15)8-12(9)11-4-5-14(23-3)13(17)7-11/h4-5,7,9,12H,6,8H2,1-3H3,(H,18,20,22). The summed E-state index contributed by atoms with van der Waals surface area (Å²) in [6, 6.07) is 5.06. The molecule has 2 unspecified atom stereocenters. The van der Waals surface area contributed by atoms with Gasteiger partial charge in [-0.15, -0.1) is 5.10 Å². The van der Waals surface area contributed by atoms with E-state index in [4.69, 9.17) is 4.74 Å². The van der Waals surface area contributed by atoms with Crippen LogP contribution in [0.4, 0.5) is 10.3 Å². The molecule has 2 heterocycles. The Labute approximate surface area is 133 Å². The number of nitrogens with one attached hydrogen (secondary N) is 1. The van der Waals surface area contributed by atoms with E-state index in [0.717, 1.165) is 17.8 Å². The van der Waals surface area contributed by atoms with E-state index in [1.807, 2.05) is 6.07 Å². The summed E-state index contributed by atoms with van der Waals surface area (Å²) in [5.41, 5.74) is 0.915. The Bertz CT molecular complexity index is 744. The average molecular weight is 318 g/mol. The highest BCUT2D eigenvalue weighted by Gasteiger charge is 2.29. The summed E-state index contributed by atoms with van der Waals surface area (Å²) in [6.07, 6.45) is 0.727. The van der Waals surface area contributed by atoms with Crippen LogP contribution in [0.2, 0.25) is 0 Å². The fraction of sp³-hybridized carbons (Fsp3) is 0.438. The first-order chi connectivity index (χ1) is 11.0. The lowest BCUT2D eigenvalue weighted by Crippen LogP contribution is -2.27. The maximum absolute atomic E-state index is 14.0. The number of benzene rings is 1. The van der Waals surface area contributed by atoms with Gasteiger partial charge < -0.3 is 4.74 Å². The maximum Gasteiger partial charge on any atom is 0.248 e. The number of methoxy groups -OCH3 is 1. The third-order valence-electron chi connectivity index (χ3n) is 4.20. The van der Waals surface area contributed by atoms with Gasteiger partial charge in [0, 0.05) is 19.3 Å². The lowest BCUT2D eigenvalue weighted by molar-refractivity contribution is -0.114. The third-order valence-corrected chi connectivity index (χ3v) is 4.20. The Morgan fingerprint density at radius 1 is 1.48 bits per heavy atom. The molecule has 1 aromatic heterocycles. The van der Waals surface area contributed by atoms with Gasteiger partial charge in [-0.05, 0) is 23.6 Å². The van der Waals surface area contributed by atoms with E-state index in [1.165, 1.54) is 20.1 Å². The van der Waals surface area contributed by atoms with Crippen LogP contribution in [0.25, 0.3) is 0 Å². The van der Waals surface area contributed by atoms with Crippen molar-refractivity contribution in [2.75, 3.05) is 12.4 Å². The number of hydrogen-bond donors (Lipinski definition) is 1. The molecule has 122 valence electrons. The third kappa shape index (κ3) is 3.04. The minimum absolute atomic E-state index is 0.134. The van der Waals surface area contributed by atoms with Crippen molar-refractivity contribution in [3.8, 4) is 5.75 Å². The summed E-state index contributed by atoms with van der Waals surface area (Å²) >= 11 is 0. The first kappa shape index (κ1) is 15.5. The summed E-state index contributed by atoms with van der Waals surface area (Å²) in [7, 11) is 1.45. The number of carbonyl (C=O) groups excluding carboxylic acids is 1. The zero-order chi connectivity index (χ0) is 16.6. The molecule has 1 aliphatic heterocycles. The van der Waals surface area contributed by atoms with Gasteiger partial charge >= 0.3 is 0 Å². The number of anilines is 1. The van der Waals surface area contributed by atoms with Gasteiger partial charge in [0.25, 0.3) is 0 Å². The number of rotatable bonds is 3. The second kappa shape index (κ2) is 5.98. The minimum atomic E-state index is -0.361. The van der Waals surface area contributed by atoms with Crippen molar-refractivity contribution in [2.24, 2.45) is 5.92 Å². The number of fused-ring (bicyclic) bond motifs is 1. The first-order valence-electron chi connectivity index (χ1n) is 7.52. The van der Waals surface area contributed by atoms with E-state index in [-0.39, 0.29) is 23.4 Å². The predicted octanol–water partition coefficient (Wildman–Crippen LogP) is 2.36. The van der Waals surface area contributed by atoms with E-state index < -0.39 is 0 Å². The molecule has 2 atom stereocenters. The molecule has 1 aliphatic rings. The van der Waals surface area contributed by atoms with E-state index in [1.54, 1.807) is 10.7 Å². The van der Waals surface area contributed by atoms with Crippen LogP contribution in [0.5, 0.6) is 5.75 Å². The number of amides is 1. The monoisotopic (exact) mass is 318 g/mol. The average Bonchev–Trinajstić information content (AvgIpc) is 2.86. The van der Waals surface area contributed by atoms with Gasteiger partial charge in [0.1, 0.15) is 5.82 Å². The van der Waals surface area contributed by atoms with Crippen molar-refractivity contribution in [3.05, 3.63) is 35.4 Å². The highest BCUT2D eigenvalue weighted by molar-refractivity contribution is 5.86. The quantitative estimate of drug-likeness (QED) is 0.943. The molecule has 0 saturated heterocycles. The van der Waals surface area contributed by atoms with Crippen LogP contribution >= 0.6 is 0 Å². The molecule has 1 amide bonds. The van der Waals surface area contributed by atoms with Crippen LogP contribution in [0.3, 0.4) is 0 Å². The minimum Gasteiger partial charge on any atom is -0.494 e. The van der Waals surface area contributed by atoms with Crippen LogP contribution in [0.15, 0.2) is 18.2 Å². The smallest absolute Gasteiger partial charge is 0.248 e. The van der Waals surface area contributed by atoms with Gasteiger partial charge in [0.05, 0.1) is 13.7 Å². The fourth-order valence-corrected chi connectivity index (χ4v) is 3.03. The van der Waals surface area contributed by atoms with Gasteiger partial charge in [0.2, 0.25) is 11.9 Å². The normalized spacial score (nSPS) is 20.0. The topological polar surface area (TPSA) is 69.0 Å². The molecule has 0 fully saturated rings. The van der Waals surface area contributed by atoms with Crippen LogP contribution in [-0.4, -0.2) is 27.8 Å². The molecule has 0 aliphatic carbocycles. The molecular weight excluding hydrogens is 299 g/mol. The Balaban J connectivity index is 1.86. The largest absolute Gasteiger partial charge is 0.494 e. The molecule has 0 saturated carbocycles. The summed E-state index contributed by atoms with van der Waals surface area (Å²) in [5, 5.41) is 6.91. The predicted molar refractivity (Wildman–Crippen MR) is 82.9 cm³/mol. The lowest BCUT2D eigenvalue weighted by Gasteiger charge is -2.29. The molecule has 3 rings (SSSR count). The summed E-state index contributed by atoms with van der Waals surface area (Å²) in [6.45, 7) is 4.14. The van der Waals surface area contributed by atoms with E-state index in [9.17, 15) is 9.18 Å². The SMILES string of the molecule is COc1ccc(C2Cn3nc(NC(C)=O)nc3CC2C)cc1F. The second-order valence-corrected chi connectivity index (χ2v) is 5.90. The summed E-state index contributed by atoms with van der Waals surface area (Å²) in [4.78, 5) is 15.5. The summed E-state index contributed by atoms with van der Waals surface area (Å²) in [5.74, 6) is 1.27. The fourth-order valence-electron chi connectivity index (χ4n) is 3.03. The molecule has 0 bridgehead atoms. The number of ether oxygens (including phenoxy) is 1. The highest BCUT2D eigenvalue weighted by Crippen LogP contribution is 2.34. The summed E-state index contributed by atoms with van der Waals surface area (Å²) < 4.78 is 20.7.